The van der Waals surface area contributed by atoms with Crippen molar-refractivity contribution in [2.45, 2.75) is 5.25 Å². The van der Waals surface area contributed by atoms with E-state index in [1.807, 2.05) is 24.0 Å². The van der Waals surface area contributed by atoms with Crippen LogP contribution in [0.4, 0.5) is 0 Å². The highest BCUT2D eigenvalue weighted by Crippen LogP contribution is 2.46. The number of benzene rings is 1. The number of rotatable bonds is 1. The molecule has 1 unspecified atom stereocenters. The van der Waals surface area contributed by atoms with Crippen LogP contribution in [0.15, 0.2) is 36.5 Å². The molecule has 64 valence electrons. The first-order chi connectivity index (χ1) is 6.43. The summed E-state index contributed by atoms with van der Waals surface area (Å²) in [6.07, 6.45) is 2.01. The van der Waals surface area contributed by atoms with E-state index in [2.05, 4.69) is 29.2 Å². The Morgan fingerprint density at radius 1 is 1.31 bits per heavy atom. The summed E-state index contributed by atoms with van der Waals surface area (Å²) in [5.74, 6) is 1.26. The fourth-order valence-corrected chi connectivity index (χ4v) is 2.11. The summed E-state index contributed by atoms with van der Waals surface area (Å²) in [6.45, 7) is 0. The van der Waals surface area contributed by atoms with Crippen LogP contribution in [-0.2, 0) is 0 Å². The van der Waals surface area contributed by atoms with Crippen molar-refractivity contribution in [1.82, 2.24) is 4.98 Å². The third-order valence-corrected chi connectivity index (χ3v) is 3.26. The lowest BCUT2D eigenvalue weighted by atomic mass is 10.1. The normalized spacial score (nSPS) is 20.5. The summed E-state index contributed by atoms with van der Waals surface area (Å²) in [4.78, 5) is 4.43. The molecule has 1 fully saturated rings. The van der Waals surface area contributed by atoms with E-state index in [1.54, 1.807) is 0 Å². The highest BCUT2D eigenvalue weighted by Gasteiger charge is 2.24. The van der Waals surface area contributed by atoms with Gasteiger partial charge < -0.3 is 0 Å². The second kappa shape index (κ2) is 2.74. The summed E-state index contributed by atoms with van der Waals surface area (Å²) >= 11 is 1.99. The third kappa shape index (κ3) is 1.31. The molecular weight excluding hydrogens is 178 g/mol. The van der Waals surface area contributed by atoms with E-state index in [0.29, 0.717) is 0 Å². The number of pyridine rings is 1. The zero-order valence-corrected chi connectivity index (χ0v) is 7.92. The van der Waals surface area contributed by atoms with Crippen molar-refractivity contribution in [2.24, 2.45) is 0 Å². The van der Waals surface area contributed by atoms with Crippen LogP contribution < -0.4 is 0 Å². The second-order valence-electron chi connectivity index (χ2n) is 3.28. The van der Waals surface area contributed by atoms with Crippen LogP contribution in [0.2, 0.25) is 0 Å². The third-order valence-electron chi connectivity index (χ3n) is 2.32. The smallest absolute Gasteiger partial charge is 0.0702 e. The van der Waals surface area contributed by atoms with E-state index < -0.39 is 0 Å². The lowest BCUT2D eigenvalue weighted by Gasteiger charge is -1.99. The van der Waals surface area contributed by atoms with Gasteiger partial charge in [-0.3, -0.25) is 4.98 Å². The molecule has 0 spiro atoms. The van der Waals surface area contributed by atoms with E-state index in [0.717, 1.165) is 10.8 Å². The van der Waals surface area contributed by atoms with Crippen LogP contribution in [0, 0.1) is 0 Å². The van der Waals surface area contributed by atoms with Gasteiger partial charge in [0.2, 0.25) is 0 Å². The van der Waals surface area contributed by atoms with Gasteiger partial charge in [-0.1, -0.05) is 18.2 Å². The maximum absolute atomic E-state index is 4.43. The highest BCUT2D eigenvalue weighted by molar-refractivity contribution is 8.06. The summed E-state index contributed by atoms with van der Waals surface area (Å²) in [5.41, 5.74) is 2.47. The minimum atomic E-state index is 0.720. The molecule has 1 saturated heterocycles. The molecule has 1 aromatic carbocycles. The van der Waals surface area contributed by atoms with E-state index >= 15 is 0 Å². The van der Waals surface area contributed by atoms with Gasteiger partial charge in [-0.05, 0) is 17.7 Å². The maximum Gasteiger partial charge on any atom is 0.0702 e. The fourth-order valence-electron chi connectivity index (χ4n) is 1.50. The molecular formula is C11H9NS. The predicted octanol–water partition coefficient (Wildman–Crippen LogP) is 3.02. The number of nitrogens with zero attached hydrogens (tertiary/aromatic N) is 1. The van der Waals surface area contributed by atoms with Crippen molar-refractivity contribution in [1.29, 1.82) is 0 Å². The summed E-state index contributed by atoms with van der Waals surface area (Å²) in [5, 5.41) is 1.98. The van der Waals surface area contributed by atoms with Crippen molar-refractivity contribution in [3.63, 3.8) is 0 Å². The summed E-state index contributed by atoms with van der Waals surface area (Å²) in [7, 11) is 0. The average Bonchev–Trinajstić information content (AvgIpc) is 3.00. The number of thioether (sulfide) groups is 1. The Hall–Kier alpha value is -1.02. The van der Waals surface area contributed by atoms with Crippen LogP contribution >= 0.6 is 11.8 Å². The number of hydrogen-bond donors (Lipinski definition) is 0. The van der Waals surface area contributed by atoms with Crippen LogP contribution in [0.1, 0.15) is 10.8 Å². The van der Waals surface area contributed by atoms with Gasteiger partial charge in [0.15, 0.2) is 0 Å². The van der Waals surface area contributed by atoms with E-state index in [1.165, 1.54) is 16.7 Å². The fraction of sp³-hybridized carbons (Fsp3) is 0.182. The molecule has 0 amide bonds. The largest absolute Gasteiger partial charge is 0.256 e. The molecule has 1 aliphatic rings. The van der Waals surface area contributed by atoms with Crippen molar-refractivity contribution in [2.75, 3.05) is 5.75 Å². The molecule has 1 aromatic heterocycles. The molecule has 0 bridgehead atoms. The number of aromatic nitrogens is 1. The Labute approximate surface area is 81.2 Å². The molecule has 0 N–H and O–H groups in total. The first-order valence-corrected chi connectivity index (χ1v) is 5.45. The minimum absolute atomic E-state index is 0.720. The van der Waals surface area contributed by atoms with Gasteiger partial charge in [0.1, 0.15) is 0 Å². The molecule has 1 aliphatic heterocycles. The van der Waals surface area contributed by atoms with Gasteiger partial charge in [-0.15, -0.1) is 0 Å². The maximum atomic E-state index is 4.43. The molecule has 1 atom stereocenters. The van der Waals surface area contributed by atoms with Gasteiger partial charge in [0.05, 0.1) is 5.52 Å². The van der Waals surface area contributed by atoms with Gasteiger partial charge in [-0.2, -0.15) is 11.8 Å². The number of fused-ring (bicyclic) bond motifs is 1. The summed E-state index contributed by atoms with van der Waals surface area (Å²) < 4.78 is 0. The predicted molar refractivity (Wildman–Crippen MR) is 56.9 cm³/mol. The molecule has 13 heavy (non-hydrogen) atoms. The molecule has 2 heteroatoms. The molecule has 0 aliphatic carbocycles. The molecule has 2 aromatic rings. The average molecular weight is 187 g/mol. The van der Waals surface area contributed by atoms with Crippen molar-refractivity contribution < 1.29 is 0 Å². The van der Waals surface area contributed by atoms with Gasteiger partial charge in [0.25, 0.3) is 0 Å². The molecule has 0 saturated carbocycles. The van der Waals surface area contributed by atoms with Crippen LogP contribution in [-0.4, -0.2) is 10.7 Å². The Balaban J connectivity index is 2.21. The SMILES string of the molecule is c1ccc2ncc(C3CS3)cc2c1. The molecule has 3 rings (SSSR count). The topological polar surface area (TPSA) is 12.9 Å². The first kappa shape index (κ1) is 7.39. The lowest BCUT2D eigenvalue weighted by molar-refractivity contribution is 1.19. The quantitative estimate of drug-likeness (QED) is 0.636. The number of para-hydroxylation sites is 1. The standard InChI is InChI=1S/C11H9NS/c1-2-4-10-8(3-1)5-9(6-12-10)11-7-13-11/h1-6,11H,7H2. The van der Waals surface area contributed by atoms with E-state index in [-0.39, 0.29) is 0 Å². The van der Waals surface area contributed by atoms with Gasteiger partial charge in [0, 0.05) is 22.6 Å². The minimum Gasteiger partial charge on any atom is -0.256 e. The van der Waals surface area contributed by atoms with Gasteiger partial charge in [-0.25, -0.2) is 0 Å². The Bertz CT molecular complexity index is 449. The van der Waals surface area contributed by atoms with Crippen LogP contribution in [0.5, 0.6) is 0 Å². The molecule has 2 heterocycles. The first-order valence-electron chi connectivity index (χ1n) is 4.40. The Morgan fingerprint density at radius 3 is 3.00 bits per heavy atom. The monoisotopic (exact) mass is 187 g/mol. The van der Waals surface area contributed by atoms with Crippen LogP contribution in [0.3, 0.4) is 0 Å². The number of hydrogen-bond acceptors (Lipinski definition) is 2. The van der Waals surface area contributed by atoms with E-state index in [9.17, 15) is 0 Å². The second-order valence-corrected chi connectivity index (χ2v) is 4.52. The molecule has 0 radical (unpaired) electrons. The van der Waals surface area contributed by atoms with Crippen molar-refractivity contribution in [3.8, 4) is 0 Å². The van der Waals surface area contributed by atoms with Crippen LogP contribution in [0.25, 0.3) is 10.9 Å². The Kier molecular flexibility index (Phi) is 1.56. The van der Waals surface area contributed by atoms with Crippen molar-refractivity contribution >= 4 is 22.7 Å². The Morgan fingerprint density at radius 2 is 2.15 bits per heavy atom. The molecule has 1 nitrogen and oxygen atoms in total. The lowest BCUT2D eigenvalue weighted by Crippen LogP contribution is -1.83. The van der Waals surface area contributed by atoms with E-state index in [4.69, 9.17) is 0 Å². The zero-order chi connectivity index (χ0) is 8.67. The van der Waals surface area contributed by atoms with Gasteiger partial charge >= 0.3 is 0 Å². The zero-order valence-electron chi connectivity index (χ0n) is 7.10. The van der Waals surface area contributed by atoms with Crippen molar-refractivity contribution in [3.05, 3.63) is 42.1 Å². The summed E-state index contributed by atoms with van der Waals surface area (Å²) in [6, 6.07) is 10.5. The highest BCUT2D eigenvalue weighted by atomic mass is 32.2.